The van der Waals surface area contributed by atoms with E-state index in [1.54, 1.807) is 0 Å². The number of hydrogen-bond donors (Lipinski definition) is 1. The first-order valence-corrected chi connectivity index (χ1v) is 8.59. The number of carboxylic acid groups (broad SMARTS) is 1. The van der Waals surface area contributed by atoms with Gasteiger partial charge in [0.2, 0.25) is 0 Å². The number of urea groups is 1. The minimum atomic E-state index is -0.748. The van der Waals surface area contributed by atoms with Gasteiger partial charge in [0.25, 0.3) is 6.03 Å². The standard InChI is InChI=1S/C16H26N3O4.Y/c20-15(21)3-8-17-6-1-13(2-7-17)18-9-10-19(16(18)22)14-4-11-23-12-5-14;/h9,13-14H,1-8,10-12H2,(H,20,21);/q-1;. The Bertz CT molecular complexity index is 437. The van der Waals surface area contributed by atoms with Crippen LogP contribution < -0.4 is 0 Å². The van der Waals surface area contributed by atoms with Crippen molar-refractivity contribution in [2.24, 2.45) is 0 Å². The van der Waals surface area contributed by atoms with Crippen LogP contribution in [0.1, 0.15) is 32.1 Å². The summed E-state index contributed by atoms with van der Waals surface area (Å²) in [5.74, 6) is -0.748. The van der Waals surface area contributed by atoms with Crippen LogP contribution in [0.3, 0.4) is 0 Å². The van der Waals surface area contributed by atoms with Crippen molar-refractivity contribution in [2.75, 3.05) is 39.4 Å². The van der Waals surface area contributed by atoms with E-state index in [1.165, 1.54) is 0 Å². The summed E-state index contributed by atoms with van der Waals surface area (Å²) in [6, 6.07) is 0.711. The largest absolute Gasteiger partial charge is 0.481 e. The number of amides is 2. The van der Waals surface area contributed by atoms with Gasteiger partial charge in [0.1, 0.15) is 0 Å². The fraction of sp³-hybridized carbons (Fsp3) is 0.812. The summed E-state index contributed by atoms with van der Waals surface area (Å²) in [6.45, 7) is 6.58. The third kappa shape index (κ3) is 4.90. The minimum Gasteiger partial charge on any atom is -0.481 e. The third-order valence-electron chi connectivity index (χ3n) is 5.17. The molecule has 0 unspecified atom stereocenters. The maximum absolute atomic E-state index is 12.7. The Morgan fingerprint density at radius 2 is 1.83 bits per heavy atom. The van der Waals surface area contributed by atoms with E-state index in [-0.39, 0.29) is 51.2 Å². The Kier molecular flexibility index (Phi) is 7.91. The second-order valence-corrected chi connectivity index (χ2v) is 6.58. The summed E-state index contributed by atoms with van der Waals surface area (Å²) in [6.07, 6.45) is 3.89. The molecule has 1 radical (unpaired) electrons. The van der Waals surface area contributed by atoms with E-state index in [0.717, 1.165) is 52.0 Å². The quantitative estimate of drug-likeness (QED) is 0.681. The van der Waals surface area contributed by atoms with Crippen molar-refractivity contribution < 1.29 is 52.1 Å². The molecule has 0 saturated carbocycles. The smallest absolute Gasteiger partial charge is 0.304 e. The topological polar surface area (TPSA) is 73.3 Å². The molecule has 3 aliphatic rings. The van der Waals surface area contributed by atoms with Crippen LogP contribution in [0.5, 0.6) is 0 Å². The van der Waals surface area contributed by atoms with Gasteiger partial charge in [0.05, 0.1) is 6.42 Å². The van der Waals surface area contributed by atoms with Gasteiger partial charge in [0, 0.05) is 77.6 Å². The van der Waals surface area contributed by atoms with Crippen molar-refractivity contribution in [2.45, 2.75) is 44.2 Å². The number of nitrogens with zero attached hydrogens (tertiary/aromatic N) is 3. The summed E-state index contributed by atoms with van der Waals surface area (Å²) < 4.78 is 5.38. The molecule has 2 amide bonds. The molecule has 0 aliphatic carbocycles. The van der Waals surface area contributed by atoms with Crippen molar-refractivity contribution in [1.29, 1.82) is 0 Å². The van der Waals surface area contributed by atoms with E-state index in [4.69, 9.17) is 9.84 Å². The summed E-state index contributed by atoms with van der Waals surface area (Å²) in [5, 5.41) is 8.76. The second-order valence-electron chi connectivity index (χ2n) is 6.58. The van der Waals surface area contributed by atoms with Gasteiger partial charge >= 0.3 is 5.97 Å². The van der Waals surface area contributed by atoms with Crippen LogP contribution in [0.15, 0.2) is 0 Å². The normalized spacial score (nSPS) is 24.2. The van der Waals surface area contributed by atoms with E-state index in [1.807, 2.05) is 16.3 Å². The fourth-order valence-electron chi connectivity index (χ4n) is 3.76. The van der Waals surface area contributed by atoms with E-state index < -0.39 is 5.97 Å². The van der Waals surface area contributed by atoms with Crippen LogP contribution >= 0.6 is 0 Å². The molecule has 0 aromatic heterocycles. The van der Waals surface area contributed by atoms with Crippen LogP contribution in [0.2, 0.25) is 0 Å². The van der Waals surface area contributed by atoms with E-state index >= 15 is 0 Å². The molecule has 133 valence electrons. The molecule has 7 nitrogen and oxygen atoms in total. The zero-order valence-electron chi connectivity index (χ0n) is 14.1. The molecule has 0 bridgehead atoms. The molecule has 3 saturated heterocycles. The summed E-state index contributed by atoms with van der Waals surface area (Å²) >= 11 is 0. The molecule has 8 heteroatoms. The van der Waals surface area contributed by atoms with Crippen LogP contribution in [0.4, 0.5) is 4.79 Å². The third-order valence-corrected chi connectivity index (χ3v) is 5.17. The fourth-order valence-corrected chi connectivity index (χ4v) is 3.76. The number of aliphatic carboxylic acids is 1. The first kappa shape index (κ1) is 20.1. The molecule has 3 aliphatic heterocycles. The molecule has 3 fully saturated rings. The Hall–Kier alpha value is -0.236. The number of rotatable bonds is 5. The number of piperidine rings is 1. The molecular weight excluding hydrogens is 387 g/mol. The maximum atomic E-state index is 12.7. The average molecular weight is 413 g/mol. The molecule has 1 N–H and O–H groups in total. The van der Waals surface area contributed by atoms with Crippen molar-refractivity contribution in [3.05, 3.63) is 6.54 Å². The van der Waals surface area contributed by atoms with Gasteiger partial charge in [0.15, 0.2) is 0 Å². The van der Waals surface area contributed by atoms with Crippen LogP contribution in [0.25, 0.3) is 0 Å². The summed E-state index contributed by atoms with van der Waals surface area (Å²) in [7, 11) is 0. The number of likely N-dealkylation sites (tertiary alicyclic amines) is 1. The average Bonchev–Trinajstić information content (AvgIpc) is 2.96. The SMILES string of the molecule is O=C(O)CCN1CCC(N2[CH-]CN(C3CCOCC3)C2=O)CC1.[Y]. The van der Waals surface area contributed by atoms with Gasteiger partial charge in [-0.2, -0.15) is 0 Å². The van der Waals surface area contributed by atoms with Crippen molar-refractivity contribution in [3.8, 4) is 0 Å². The molecule has 0 aromatic rings. The van der Waals surface area contributed by atoms with Crippen LogP contribution in [-0.2, 0) is 42.2 Å². The van der Waals surface area contributed by atoms with Gasteiger partial charge < -0.3 is 24.5 Å². The Morgan fingerprint density at radius 1 is 1.17 bits per heavy atom. The van der Waals surface area contributed by atoms with Gasteiger partial charge in [-0.25, -0.2) is 6.54 Å². The van der Waals surface area contributed by atoms with Crippen molar-refractivity contribution in [3.63, 3.8) is 0 Å². The number of hydrogen-bond acceptors (Lipinski definition) is 4. The van der Waals surface area contributed by atoms with Crippen LogP contribution in [-0.4, -0.2) is 83.3 Å². The second kappa shape index (κ2) is 9.46. The molecule has 0 spiro atoms. The Labute approximate surface area is 168 Å². The number of ether oxygens (including phenoxy) is 1. The maximum Gasteiger partial charge on any atom is 0.304 e. The van der Waals surface area contributed by atoms with Gasteiger partial charge in [-0.3, -0.25) is 9.59 Å². The molecule has 0 aromatic carbocycles. The first-order chi connectivity index (χ1) is 11.1. The van der Waals surface area contributed by atoms with Crippen molar-refractivity contribution in [1.82, 2.24) is 14.7 Å². The number of carbonyl (C=O) groups excluding carboxylic acids is 1. The summed E-state index contributed by atoms with van der Waals surface area (Å²) in [5.41, 5.74) is 0. The molecule has 3 rings (SSSR count). The number of carboxylic acids is 1. The predicted molar refractivity (Wildman–Crippen MR) is 83.8 cm³/mol. The van der Waals surface area contributed by atoms with E-state index in [2.05, 4.69) is 4.90 Å². The molecule has 24 heavy (non-hydrogen) atoms. The van der Waals surface area contributed by atoms with E-state index in [9.17, 15) is 9.59 Å². The molecule has 0 atom stereocenters. The summed E-state index contributed by atoms with van der Waals surface area (Å²) in [4.78, 5) is 29.4. The Balaban J connectivity index is 0.00000208. The molecular formula is C16H26N3O4Y-. The van der Waals surface area contributed by atoms with Crippen molar-refractivity contribution >= 4 is 12.0 Å². The van der Waals surface area contributed by atoms with Crippen LogP contribution in [0, 0.1) is 6.54 Å². The predicted octanol–water partition coefficient (Wildman–Crippen LogP) is 1.00. The number of carbonyl (C=O) groups is 2. The van der Waals surface area contributed by atoms with Gasteiger partial charge in [-0.15, -0.1) is 0 Å². The van der Waals surface area contributed by atoms with Gasteiger partial charge in [-0.05, 0) is 25.7 Å². The first-order valence-electron chi connectivity index (χ1n) is 8.59. The van der Waals surface area contributed by atoms with Gasteiger partial charge in [-0.1, -0.05) is 6.54 Å². The Morgan fingerprint density at radius 3 is 2.46 bits per heavy atom. The molecule has 3 heterocycles. The monoisotopic (exact) mass is 413 g/mol. The minimum absolute atomic E-state index is 0. The van der Waals surface area contributed by atoms with E-state index in [0.29, 0.717) is 19.1 Å². The zero-order valence-corrected chi connectivity index (χ0v) is 16.9. The zero-order chi connectivity index (χ0) is 16.2.